The molecule has 0 unspecified atom stereocenters. The molecular weight excluding hydrogens is 290 g/mol. The molecular formula is C15H21NO4S. The van der Waals surface area contributed by atoms with Crippen LogP contribution in [0, 0.1) is 0 Å². The number of benzene rings is 1. The minimum Gasteiger partial charge on any atom is -0.388 e. The van der Waals surface area contributed by atoms with Crippen LogP contribution in [0.15, 0.2) is 29.2 Å². The molecule has 0 aliphatic heterocycles. The van der Waals surface area contributed by atoms with Gasteiger partial charge in [-0.3, -0.25) is 4.79 Å². The first-order valence-corrected chi connectivity index (χ1v) is 8.88. The number of aliphatic hydroxyl groups is 1. The third-order valence-corrected chi connectivity index (χ3v) is 5.03. The standard InChI is InChI=1S/C15H21NO4S/c1-16(11-15(18)8-3-4-9-15)14(17)12-6-5-7-13(10-12)21(2,19)20/h5-7,10,18H,3-4,8-9,11H2,1-2H3. The van der Waals surface area contributed by atoms with Crippen molar-refractivity contribution in [2.75, 3.05) is 19.8 Å². The summed E-state index contributed by atoms with van der Waals surface area (Å²) in [5.41, 5.74) is -0.485. The van der Waals surface area contributed by atoms with Crippen LogP contribution < -0.4 is 0 Å². The summed E-state index contributed by atoms with van der Waals surface area (Å²) in [7, 11) is -1.71. The van der Waals surface area contributed by atoms with Gasteiger partial charge in [-0.2, -0.15) is 0 Å². The SMILES string of the molecule is CN(CC1(O)CCCC1)C(=O)c1cccc(S(C)(=O)=O)c1. The number of carbonyl (C=O) groups is 1. The third-order valence-electron chi connectivity index (χ3n) is 3.92. The fraction of sp³-hybridized carbons (Fsp3) is 0.533. The zero-order chi connectivity index (χ0) is 15.7. The van der Waals surface area contributed by atoms with Crippen molar-refractivity contribution in [3.8, 4) is 0 Å². The zero-order valence-corrected chi connectivity index (χ0v) is 13.2. The molecule has 1 aromatic rings. The van der Waals surface area contributed by atoms with Crippen LogP contribution in [0.4, 0.5) is 0 Å². The van der Waals surface area contributed by atoms with Crippen molar-refractivity contribution in [1.82, 2.24) is 4.90 Å². The monoisotopic (exact) mass is 311 g/mol. The van der Waals surface area contributed by atoms with Gasteiger partial charge in [0.05, 0.1) is 10.5 Å². The van der Waals surface area contributed by atoms with Crippen molar-refractivity contribution in [3.05, 3.63) is 29.8 Å². The van der Waals surface area contributed by atoms with Crippen LogP contribution in [0.5, 0.6) is 0 Å². The smallest absolute Gasteiger partial charge is 0.253 e. The lowest BCUT2D eigenvalue weighted by Gasteiger charge is -2.28. The highest BCUT2D eigenvalue weighted by atomic mass is 32.2. The molecule has 1 aromatic carbocycles. The number of likely N-dealkylation sites (N-methyl/N-ethyl adjacent to an activating group) is 1. The van der Waals surface area contributed by atoms with E-state index in [4.69, 9.17) is 0 Å². The van der Waals surface area contributed by atoms with Gasteiger partial charge in [-0.25, -0.2) is 8.42 Å². The minimum absolute atomic E-state index is 0.126. The highest BCUT2D eigenvalue weighted by Crippen LogP contribution is 2.30. The summed E-state index contributed by atoms with van der Waals surface area (Å²) < 4.78 is 23.1. The second kappa shape index (κ2) is 5.77. The molecule has 0 radical (unpaired) electrons. The second-order valence-electron chi connectivity index (χ2n) is 5.89. The summed E-state index contributed by atoms with van der Waals surface area (Å²) in [5.74, 6) is -0.277. The first-order valence-electron chi connectivity index (χ1n) is 6.99. The first-order chi connectivity index (χ1) is 9.71. The van der Waals surface area contributed by atoms with Gasteiger partial charge in [0.2, 0.25) is 0 Å². The summed E-state index contributed by atoms with van der Waals surface area (Å²) >= 11 is 0. The first kappa shape index (κ1) is 16.0. The fourth-order valence-corrected chi connectivity index (χ4v) is 3.45. The molecule has 1 saturated carbocycles. The van der Waals surface area contributed by atoms with Crippen LogP contribution in [0.2, 0.25) is 0 Å². The molecule has 1 N–H and O–H groups in total. The Kier molecular flexibility index (Phi) is 4.39. The summed E-state index contributed by atoms with van der Waals surface area (Å²) in [6.07, 6.45) is 4.47. The Hall–Kier alpha value is -1.40. The normalized spacial score (nSPS) is 17.7. The minimum atomic E-state index is -3.34. The van der Waals surface area contributed by atoms with E-state index in [9.17, 15) is 18.3 Å². The van der Waals surface area contributed by atoms with Gasteiger partial charge in [0.15, 0.2) is 9.84 Å². The predicted molar refractivity (Wildman–Crippen MR) is 79.9 cm³/mol. The maximum Gasteiger partial charge on any atom is 0.253 e. The van der Waals surface area contributed by atoms with E-state index in [1.807, 2.05) is 0 Å². The molecule has 116 valence electrons. The lowest BCUT2D eigenvalue weighted by molar-refractivity contribution is 0.0156. The van der Waals surface area contributed by atoms with Crippen molar-refractivity contribution in [2.24, 2.45) is 0 Å². The Bertz CT molecular complexity index is 633. The zero-order valence-electron chi connectivity index (χ0n) is 12.4. The van der Waals surface area contributed by atoms with Crippen molar-refractivity contribution >= 4 is 15.7 Å². The van der Waals surface area contributed by atoms with Gasteiger partial charge in [-0.05, 0) is 31.0 Å². The molecule has 5 nitrogen and oxygen atoms in total. The molecule has 2 rings (SSSR count). The molecule has 1 fully saturated rings. The van der Waals surface area contributed by atoms with Crippen LogP contribution in [-0.4, -0.2) is 49.8 Å². The number of carbonyl (C=O) groups excluding carboxylic acids is 1. The van der Waals surface area contributed by atoms with Gasteiger partial charge >= 0.3 is 0 Å². The lowest BCUT2D eigenvalue weighted by atomic mass is 10.0. The maximum atomic E-state index is 12.4. The van der Waals surface area contributed by atoms with Gasteiger partial charge in [0.25, 0.3) is 5.91 Å². The fourth-order valence-electron chi connectivity index (χ4n) is 2.78. The molecule has 6 heteroatoms. The Labute approximate surface area is 125 Å². The predicted octanol–water partition coefficient (Wildman–Crippen LogP) is 1.47. The van der Waals surface area contributed by atoms with E-state index in [0.29, 0.717) is 18.4 Å². The van der Waals surface area contributed by atoms with Crippen LogP contribution in [-0.2, 0) is 9.84 Å². The Balaban J connectivity index is 2.16. The molecule has 21 heavy (non-hydrogen) atoms. The largest absolute Gasteiger partial charge is 0.388 e. The van der Waals surface area contributed by atoms with Crippen molar-refractivity contribution in [1.29, 1.82) is 0 Å². The quantitative estimate of drug-likeness (QED) is 0.913. The van der Waals surface area contributed by atoms with Crippen molar-refractivity contribution < 1.29 is 18.3 Å². The van der Waals surface area contributed by atoms with Crippen LogP contribution >= 0.6 is 0 Å². The Morgan fingerprint density at radius 1 is 1.33 bits per heavy atom. The molecule has 0 saturated heterocycles. The van der Waals surface area contributed by atoms with E-state index in [2.05, 4.69) is 0 Å². The summed E-state index contributed by atoms with van der Waals surface area (Å²) in [6.45, 7) is 0.273. The topological polar surface area (TPSA) is 74.7 Å². The molecule has 1 aliphatic rings. The molecule has 0 aromatic heterocycles. The Morgan fingerprint density at radius 3 is 2.52 bits per heavy atom. The van der Waals surface area contributed by atoms with Crippen molar-refractivity contribution in [3.63, 3.8) is 0 Å². The number of rotatable bonds is 4. The summed E-state index contributed by atoms with van der Waals surface area (Å²) in [6, 6.07) is 6.00. The van der Waals surface area contributed by atoms with E-state index in [0.717, 1.165) is 19.1 Å². The maximum absolute atomic E-state index is 12.4. The van der Waals surface area contributed by atoms with Gasteiger partial charge in [-0.1, -0.05) is 18.9 Å². The number of hydrogen-bond donors (Lipinski definition) is 1. The summed E-state index contributed by atoms with van der Waals surface area (Å²) in [4.78, 5) is 14.0. The van der Waals surface area contributed by atoms with Gasteiger partial charge < -0.3 is 10.0 Å². The van der Waals surface area contributed by atoms with E-state index >= 15 is 0 Å². The highest BCUT2D eigenvalue weighted by Gasteiger charge is 2.33. The van der Waals surface area contributed by atoms with Gasteiger partial charge in [-0.15, -0.1) is 0 Å². The average Bonchev–Trinajstić information content (AvgIpc) is 2.83. The Morgan fingerprint density at radius 2 is 1.95 bits per heavy atom. The molecule has 0 heterocycles. The van der Waals surface area contributed by atoms with E-state index in [1.165, 1.54) is 17.0 Å². The van der Waals surface area contributed by atoms with E-state index < -0.39 is 15.4 Å². The van der Waals surface area contributed by atoms with Crippen LogP contribution in [0.3, 0.4) is 0 Å². The van der Waals surface area contributed by atoms with Crippen LogP contribution in [0.1, 0.15) is 36.0 Å². The highest BCUT2D eigenvalue weighted by molar-refractivity contribution is 7.90. The van der Waals surface area contributed by atoms with E-state index in [-0.39, 0.29) is 17.3 Å². The van der Waals surface area contributed by atoms with Gasteiger partial charge in [0.1, 0.15) is 0 Å². The second-order valence-corrected chi connectivity index (χ2v) is 7.91. The molecule has 1 aliphatic carbocycles. The van der Waals surface area contributed by atoms with E-state index in [1.54, 1.807) is 19.2 Å². The van der Waals surface area contributed by atoms with Gasteiger partial charge in [0, 0.05) is 25.4 Å². The van der Waals surface area contributed by atoms with Crippen LogP contribution in [0.25, 0.3) is 0 Å². The molecule has 0 bridgehead atoms. The lowest BCUT2D eigenvalue weighted by Crippen LogP contribution is -2.42. The number of amides is 1. The van der Waals surface area contributed by atoms with Crippen molar-refractivity contribution in [2.45, 2.75) is 36.2 Å². The average molecular weight is 311 g/mol. The number of sulfone groups is 1. The molecule has 0 atom stereocenters. The molecule has 1 amide bonds. The number of hydrogen-bond acceptors (Lipinski definition) is 4. The summed E-state index contributed by atoms with van der Waals surface area (Å²) in [5, 5.41) is 10.4. The number of nitrogens with zero attached hydrogens (tertiary/aromatic N) is 1. The molecule has 0 spiro atoms. The third kappa shape index (κ3) is 3.83.